The second-order valence-electron chi connectivity index (χ2n) is 5.26. The number of hydrogen-bond donors (Lipinski definition) is 0. The Kier molecular flexibility index (Phi) is 6.06. The first-order valence-corrected chi connectivity index (χ1v) is 11.9. The highest BCUT2D eigenvalue weighted by atomic mass is 35.7. The molecule has 0 saturated heterocycles. The number of halogens is 2. The van der Waals surface area contributed by atoms with Crippen LogP contribution in [-0.2, 0) is 0 Å². The summed E-state index contributed by atoms with van der Waals surface area (Å²) in [7, 11) is 0. The van der Waals surface area contributed by atoms with Crippen molar-refractivity contribution in [1.82, 2.24) is 0 Å². The van der Waals surface area contributed by atoms with Crippen molar-refractivity contribution in [2.75, 3.05) is 6.61 Å². The zero-order valence-corrected chi connectivity index (χ0v) is 14.9. The molecular weight excluding hydrogens is 335 g/mol. The highest BCUT2D eigenvalue weighted by Gasteiger charge is 2.19. The van der Waals surface area contributed by atoms with Crippen LogP contribution in [0.15, 0.2) is 48.5 Å². The maximum atomic E-state index is 11.2. The fraction of sp³-hybridized carbons (Fsp3) is 0.235. The molecule has 0 fully saturated rings. The minimum absolute atomic E-state index is 0.566. The molecule has 0 unspecified atom stereocenters. The Balaban J connectivity index is 2.09. The molecule has 0 amide bonds. The minimum atomic E-state index is -2.06. The van der Waals surface area contributed by atoms with Crippen molar-refractivity contribution >= 4 is 35.1 Å². The first-order valence-electron chi connectivity index (χ1n) is 7.15. The lowest BCUT2D eigenvalue weighted by atomic mass is 10.0. The molecule has 2 nitrogen and oxygen atoms in total. The third-order valence-electron chi connectivity index (χ3n) is 3.27. The standard InChI is InChI=1S/C17H18Cl2O2Si/c1-22(18,19)11-5-10-21-16-9-8-15(13-20)17(12-16)14-6-3-2-4-7-14/h2-4,6-9,12-13H,5,10-11H2,1H3. The van der Waals surface area contributed by atoms with E-state index < -0.39 is 6.69 Å². The molecule has 0 N–H and O–H groups in total. The van der Waals surface area contributed by atoms with E-state index in [1.165, 1.54) is 0 Å². The zero-order chi connectivity index (χ0) is 16.0. The van der Waals surface area contributed by atoms with E-state index in [4.69, 9.17) is 26.9 Å². The van der Waals surface area contributed by atoms with Crippen LogP contribution < -0.4 is 4.74 Å². The van der Waals surface area contributed by atoms with Gasteiger partial charge < -0.3 is 4.74 Å². The molecule has 0 bridgehead atoms. The molecule has 0 radical (unpaired) electrons. The van der Waals surface area contributed by atoms with Crippen molar-refractivity contribution < 1.29 is 9.53 Å². The van der Waals surface area contributed by atoms with Gasteiger partial charge in [-0.15, -0.1) is 22.2 Å². The third kappa shape index (κ3) is 5.16. The monoisotopic (exact) mass is 352 g/mol. The molecule has 0 atom stereocenters. The molecule has 5 heteroatoms. The van der Waals surface area contributed by atoms with Crippen LogP contribution >= 0.6 is 22.2 Å². The van der Waals surface area contributed by atoms with Crippen LogP contribution in [0.4, 0.5) is 0 Å². The summed E-state index contributed by atoms with van der Waals surface area (Å²) < 4.78 is 5.75. The number of rotatable bonds is 7. The summed E-state index contributed by atoms with van der Waals surface area (Å²) in [4.78, 5) is 11.2. The normalized spacial score (nSPS) is 11.2. The zero-order valence-electron chi connectivity index (χ0n) is 12.4. The number of hydrogen-bond acceptors (Lipinski definition) is 2. The van der Waals surface area contributed by atoms with Crippen molar-refractivity contribution in [2.45, 2.75) is 19.0 Å². The number of carbonyl (C=O) groups excluding carboxylic acids is 1. The average Bonchev–Trinajstić information content (AvgIpc) is 2.51. The molecule has 0 aromatic heterocycles. The highest BCUT2D eigenvalue weighted by molar-refractivity contribution is 7.44. The molecule has 2 aromatic rings. The Morgan fingerprint density at radius 2 is 1.86 bits per heavy atom. The fourth-order valence-corrected chi connectivity index (χ4v) is 3.74. The van der Waals surface area contributed by atoms with E-state index in [2.05, 4.69) is 0 Å². The lowest BCUT2D eigenvalue weighted by Gasteiger charge is -2.12. The number of carbonyl (C=O) groups is 1. The molecule has 0 saturated carbocycles. The van der Waals surface area contributed by atoms with Crippen LogP contribution in [0.25, 0.3) is 11.1 Å². The van der Waals surface area contributed by atoms with E-state index in [9.17, 15) is 4.79 Å². The van der Waals surface area contributed by atoms with E-state index >= 15 is 0 Å². The number of aldehydes is 1. The topological polar surface area (TPSA) is 26.3 Å². The molecule has 0 spiro atoms. The fourth-order valence-electron chi connectivity index (χ4n) is 2.17. The number of ether oxygens (including phenoxy) is 1. The molecule has 0 aliphatic rings. The Hall–Kier alpha value is -1.29. The van der Waals surface area contributed by atoms with Gasteiger partial charge in [-0.05, 0) is 48.3 Å². The van der Waals surface area contributed by atoms with E-state index in [1.54, 1.807) is 6.07 Å². The largest absolute Gasteiger partial charge is 0.494 e. The van der Waals surface area contributed by atoms with Gasteiger partial charge in [0.15, 0.2) is 6.29 Å². The van der Waals surface area contributed by atoms with Crippen LogP contribution in [0.2, 0.25) is 12.6 Å². The summed E-state index contributed by atoms with van der Waals surface area (Å²) in [6, 6.07) is 16.1. The van der Waals surface area contributed by atoms with Crippen molar-refractivity contribution in [3.8, 4) is 16.9 Å². The predicted octanol–water partition coefficient (Wildman–Crippen LogP) is 5.48. The molecule has 2 rings (SSSR count). The molecule has 116 valence electrons. The van der Waals surface area contributed by atoms with Gasteiger partial charge in [0, 0.05) is 5.56 Å². The molecule has 2 aromatic carbocycles. The summed E-state index contributed by atoms with van der Waals surface area (Å²) in [6.45, 7) is 0.416. The lowest BCUT2D eigenvalue weighted by Crippen LogP contribution is -2.13. The summed E-state index contributed by atoms with van der Waals surface area (Å²) in [6.07, 6.45) is 1.69. The minimum Gasteiger partial charge on any atom is -0.494 e. The van der Waals surface area contributed by atoms with Gasteiger partial charge in [-0.2, -0.15) is 0 Å². The van der Waals surface area contributed by atoms with Crippen molar-refractivity contribution in [3.05, 3.63) is 54.1 Å². The van der Waals surface area contributed by atoms with E-state index in [-0.39, 0.29) is 0 Å². The molecule has 0 aliphatic carbocycles. The lowest BCUT2D eigenvalue weighted by molar-refractivity contribution is 0.112. The first-order chi connectivity index (χ1) is 10.5. The Bertz CT molecular complexity index is 624. The summed E-state index contributed by atoms with van der Waals surface area (Å²) in [5.74, 6) is 0.747. The van der Waals surface area contributed by atoms with Crippen molar-refractivity contribution in [3.63, 3.8) is 0 Å². The van der Waals surface area contributed by atoms with Gasteiger partial charge in [-0.25, -0.2) is 0 Å². The average molecular weight is 353 g/mol. The smallest absolute Gasteiger partial charge is 0.248 e. The summed E-state index contributed by atoms with van der Waals surface area (Å²) >= 11 is 12.1. The Labute approximate surface area is 141 Å². The van der Waals surface area contributed by atoms with Gasteiger partial charge in [0.1, 0.15) is 5.75 Å². The van der Waals surface area contributed by atoms with Crippen LogP contribution in [-0.4, -0.2) is 19.6 Å². The Morgan fingerprint density at radius 1 is 1.14 bits per heavy atom. The van der Waals surface area contributed by atoms with Gasteiger partial charge in [-0.1, -0.05) is 30.3 Å². The first kappa shape index (κ1) is 17.1. The van der Waals surface area contributed by atoms with Gasteiger partial charge in [0.05, 0.1) is 6.61 Å². The van der Waals surface area contributed by atoms with Crippen molar-refractivity contribution in [2.24, 2.45) is 0 Å². The number of benzene rings is 2. The molecule has 22 heavy (non-hydrogen) atoms. The maximum Gasteiger partial charge on any atom is 0.248 e. The van der Waals surface area contributed by atoms with Gasteiger partial charge >= 0.3 is 0 Å². The van der Waals surface area contributed by atoms with Crippen LogP contribution in [0.5, 0.6) is 5.75 Å². The predicted molar refractivity (Wildman–Crippen MR) is 95.5 cm³/mol. The molecule has 0 heterocycles. The van der Waals surface area contributed by atoms with E-state index in [0.717, 1.165) is 35.6 Å². The van der Waals surface area contributed by atoms with Gasteiger partial charge in [0.2, 0.25) is 6.69 Å². The molecular formula is C17H18Cl2O2Si. The van der Waals surface area contributed by atoms with Gasteiger partial charge in [-0.3, -0.25) is 4.79 Å². The molecule has 0 aliphatic heterocycles. The maximum absolute atomic E-state index is 11.2. The Morgan fingerprint density at radius 3 is 2.50 bits per heavy atom. The van der Waals surface area contributed by atoms with E-state index in [1.807, 2.05) is 49.0 Å². The van der Waals surface area contributed by atoms with Crippen molar-refractivity contribution in [1.29, 1.82) is 0 Å². The third-order valence-corrected chi connectivity index (χ3v) is 5.63. The highest BCUT2D eigenvalue weighted by Crippen LogP contribution is 2.27. The van der Waals surface area contributed by atoms with Gasteiger partial charge in [0.25, 0.3) is 0 Å². The van der Waals surface area contributed by atoms with Crippen LogP contribution in [0, 0.1) is 0 Å². The second-order valence-corrected chi connectivity index (χ2v) is 13.5. The second kappa shape index (κ2) is 7.81. The van der Waals surface area contributed by atoms with E-state index in [0.29, 0.717) is 12.2 Å². The van der Waals surface area contributed by atoms with Crippen LogP contribution in [0.3, 0.4) is 0 Å². The summed E-state index contributed by atoms with van der Waals surface area (Å²) in [5, 5.41) is 0. The SMILES string of the molecule is C[Si](Cl)(Cl)CCCOc1ccc(C=O)c(-c2ccccc2)c1. The van der Waals surface area contributed by atoms with Crippen LogP contribution in [0.1, 0.15) is 16.8 Å². The quantitative estimate of drug-likeness (QED) is 0.285. The summed E-state index contributed by atoms with van der Waals surface area (Å²) in [5.41, 5.74) is 2.53.